The Labute approximate surface area is 182 Å². The predicted molar refractivity (Wildman–Crippen MR) is 119 cm³/mol. The summed E-state index contributed by atoms with van der Waals surface area (Å²) in [6.45, 7) is 6.74. The van der Waals surface area contributed by atoms with Crippen molar-refractivity contribution < 1.29 is 14.4 Å². The van der Waals surface area contributed by atoms with Gasteiger partial charge in [-0.1, -0.05) is 41.0 Å². The van der Waals surface area contributed by atoms with E-state index in [1.54, 1.807) is 12.0 Å². The van der Waals surface area contributed by atoms with E-state index in [-0.39, 0.29) is 17.7 Å². The normalized spacial score (nSPS) is 15.9. The summed E-state index contributed by atoms with van der Waals surface area (Å²) in [5.41, 5.74) is 2.47. The summed E-state index contributed by atoms with van der Waals surface area (Å²) < 4.78 is 5.31. The third kappa shape index (κ3) is 6.13. The van der Waals surface area contributed by atoms with Crippen LogP contribution in [0.15, 0.2) is 53.7 Å². The topological polar surface area (TPSA) is 63.2 Å². The smallest absolute Gasteiger partial charge is 0.318 e. The number of halogens is 1. The van der Waals surface area contributed by atoms with Gasteiger partial charge in [-0.2, -0.15) is 0 Å². The van der Waals surface area contributed by atoms with Gasteiger partial charge in [-0.05, 0) is 56.2 Å². The number of amides is 2. The molecule has 0 spiro atoms. The number of rotatable bonds is 6. The number of methoxy groups -OCH3 is 1. The quantitative estimate of drug-likeness (QED) is 0.713. The van der Waals surface area contributed by atoms with Crippen molar-refractivity contribution in [1.82, 2.24) is 10.2 Å². The molecule has 1 atom stereocenters. The van der Waals surface area contributed by atoms with Crippen LogP contribution in [-0.2, 0) is 11.4 Å². The molecule has 1 N–H and O–H groups in total. The SMILES string of the molecule is COc1cccc(CN(CC2CC(c3ccc(Cl)cc3)=NO2)C(=O)NC(C)(C)C)c1. The van der Waals surface area contributed by atoms with Gasteiger partial charge in [0, 0.05) is 23.5 Å². The summed E-state index contributed by atoms with van der Waals surface area (Å²) in [5, 5.41) is 7.95. The zero-order chi connectivity index (χ0) is 21.7. The first-order chi connectivity index (χ1) is 14.2. The minimum Gasteiger partial charge on any atom is -0.497 e. The van der Waals surface area contributed by atoms with Crippen LogP contribution < -0.4 is 10.1 Å². The Balaban J connectivity index is 1.70. The van der Waals surface area contributed by atoms with E-state index in [0.717, 1.165) is 22.6 Å². The van der Waals surface area contributed by atoms with E-state index in [1.165, 1.54) is 0 Å². The predicted octanol–water partition coefficient (Wildman–Crippen LogP) is 4.85. The lowest BCUT2D eigenvalue weighted by atomic mass is 10.0. The molecule has 6 nitrogen and oxygen atoms in total. The monoisotopic (exact) mass is 429 g/mol. The number of ether oxygens (including phenoxy) is 1. The number of carbonyl (C=O) groups excluding carboxylic acids is 1. The molecule has 2 amide bonds. The number of oxime groups is 1. The Morgan fingerprint density at radius 1 is 1.27 bits per heavy atom. The fraction of sp³-hybridized carbons (Fsp3) is 0.391. The van der Waals surface area contributed by atoms with Crippen LogP contribution in [-0.4, -0.2) is 41.9 Å². The number of benzene rings is 2. The highest BCUT2D eigenvalue weighted by molar-refractivity contribution is 6.30. The minimum atomic E-state index is -0.342. The van der Waals surface area contributed by atoms with E-state index >= 15 is 0 Å². The van der Waals surface area contributed by atoms with E-state index < -0.39 is 0 Å². The van der Waals surface area contributed by atoms with E-state index in [1.807, 2.05) is 69.3 Å². The van der Waals surface area contributed by atoms with Crippen molar-refractivity contribution in [2.75, 3.05) is 13.7 Å². The molecule has 7 heteroatoms. The molecule has 0 radical (unpaired) electrons. The third-order valence-corrected chi connectivity index (χ3v) is 4.86. The van der Waals surface area contributed by atoms with Crippen LogP contribution in [0.3, 0.4) is 0 Å². The number of carbonyl (C=O) groups is 1. The van der Waals surface area contributed by atoms with Gasteiger partial charge in [-0.25, -0.2) is 4.79 Å². The third-order valence-electron chi connectivity index (χ3n) is 4.61. The molecule has 0 aliphatic carbocycles. The first-order valence-electron chi connectivity index (χ1n) is 9.92. The molecule has 0 saturated carbocycles. The van der Waals surface area contributed by atoms with E-state index in [4.69, 9.17) is 21.2 Å². The fourth-order valence-corrected chi connectivity index (χ4v) is 3.32. The maximum Gasteiger partial charge on any atom is 0.318 e. The molecule has 0 bridgehead atoms. The van der Waals surface area contributed by atoms with E-state index in [9.17, 15) is 4.79 Å². The average molecular weight is 430 g/mol. The van der Waals surface area contributed by atoms with Gasteiger partial charge in [0.15, 0.2) is 6.10 Å². The molecule has 1 aliphatic rings. The summed E-state index contributed by atoms with van der Waals surface area (Å²) in [6.07, 6.45) is 0.408. The van der Waals surface area contributed by atoms with Gasteiger partial charge in [-0.15, -0.1) is 0 Å². The maximum absolute atomic E-state index is 13.0. The lowest BCUT2D eigenvalue weighted by molar-refractivity contribution is 0.0580. The zero-order valence-corrected chi connectivity index (χ0v) is 18.6. The second-order valence-corrected chi connectivity index (χ2v) is 8.83. The maximum atomic E-state index is 13.0. The molecule has 2 aromatic carbocycles. The molecule has 160 valence electrons. The van der Waals surface area contributed by atoms with Crippen molar-refractivity contribution in [3.8, 4) is 5.75 Å². The molecule has 30 heavy (non-hydrogen) atoms. The van der Waals surface area contributed by atoms with Crippen molar-refractivity contribution in [2.45, 2.75) is 45.4 Å². The fourth-order valence-electron chi connectivity index (χ4n) is 3.20. The average Bonchev–Trinajstić information content (AvgIpc) is 3.15. The van der Waals surface area contributed by atoms with Gasteiger partial charge in [0.05, 0.1) is 19.4 Å². The van der Waals surface area contributed by atoms with Gasteiger partial charge in [-0.3, -0.25) is 0 Å². The molecule has 0 aromatic heterocycles. The number of nitrogens with zero attached hydrogens (tertiary/aromatic N) is 2. The van der Waals surface area contributed by atoms with Gasteiger partial charge < -0.3 is 19.8 Å². The van der Waals surface area contributed by atoms with Crippen LogP contribution in [0.25, 0.3) is 0 Å². The van der Waals surface area contributed by atoms with Crippen molar-refractivity contribution in [3.05, 3.63) is 64.7 Å². The van der Waals surface area contributed by atoms with E-state index in [0.29, 0.717) is 24.5 Å². The second-order valence-electron chi connectivity index (χ2n) is 8.39. The van der Waals surface area contributed by atoms with Gasteiger partial charge in [0.1, 0.15) is 5.75 Å². The molecular weight excluding hydrogens is 402 g/mol. The Bertz CT molecular complexity index is 907. The lowest BCUT2D eigenvalue weighted by Gasteiger charge is -2.29. The van der Waals surface area contributed by atoms with Crippen molar-refractivity contribution in [3.63, 3.8) is 0 Å². The summed E-state index contributed by atoms with van der Waals surface area (Å²) >= 11 is 5.97. The first-order valence-corrected chi connectivity index (χ1v) is 10.3. The summed E-state index contributed by atoms with van der Waals surface area (Å²) in [7, 11) is 1.63. The Morgan fingerprint density at radius 2 is 2.00 bits per heavy atom. The molecule has 2 aromatic rings. The molecule has 1 heterocycles. The highest BCUT2D eigenvalue weighted by atomic mass is 35.5. The highest BCUT2D eigenvalue weighted by Crippen LogP contribution is 2.21. The number of hydrogen-bond acceptors (Lipinski definition) is 4. The summed E-state index contributed by atoms with van der Waals surface area (Å²) in [5.74, 6) is 0.758. The Hall–Kier alpha value is -2.73. The van der Waals surface area contributed by atoms with Gasteiger partial charge in [0.25, 0.3) is 0 Å². The van der Waals surface area contributed by atoms with Crippen LogP contribution in [0.1, 0.15) is 38.3 Å². The molecule has 1 unspecified atom stereocenters. The number of urea groups is 1. The Morgan fingerprint density at radius 3 is 2.67 bits per heavy atom. The lowest BCUT2D eigenvalue weighted by Crippen LogP contribution is -2.50. The molecule has 0 fully saturated rings. The molecule has 0 saturated heterocycles. The van der Waals surface area contributed by atoms with E-state index in [2.05, 4.69) is 10.5 Å². The van der Waals surface area contributed by atoms with Crippen LogP contribution in [0.5, 0.6) is 5.75 Å². The molecule has 1 aliphatic heterocycles. The van der Waals surface area contributed by atoms with Crippen LogP contribution in [0, 0.1) is 0 Å². The van der Waals surface area contributed by atoms with Gasteiger partial charge >= 0.3 is 6.03 Å². The highest BCUT2D eigenvalue weighted by Gasteiger charge is 2.28. The summed E-state index contributed by atoms with van der Waals surface area (Å²) in [4.78, 5) is 20.4. The largest absolute Gasteiger partial charge is 0.497 e. The van der Waals surface area contributed by atoms with Crippen molar-refractivity contribution in [2.24, 2.45) is 5.16 Å². The van der Waals surface area contributed by atoms with Crippen LogP contribution in [0.4, 0.5) is 4.79 Å². The Kier molecular flexibility index (Phi) is 6.87. The van der Waals surface area contributed by atoms with Crippen molar-refractivity contribution >= 4 is 23.3 Å². The second kappa shape index (κ2) is 9.39. The molecule has 3 rings (SSSR count). The first kappa shape index (κ1) is 22.0. The van der Waals surface area contributed by atoms with Gasteiger partial charge in [0.2, 0.25) is 0 Å². The standard InChI is InChI=1S/C23H28ClN3O3/c1-23(2,3)25-22(28)27(14-16-6-5-7-19(12-16)29-4)15-20-13-21(26-30-20)17-8-10-18(24)11-9-17/h5-12,20H,13-15H2,1-4H3,(H,25,28). The van der Waals surface area contributed by atoms with Crippen LogP contribution >= 0.6 is 11.6 Å². The number of hydrogen-bond donors (Lipinski definition) is 1. The zero-order valence-electron chi connectivity index (χ0n) is 17.8. The van der Waals surface area contributed by atoms with Crippen LogP contribution in [0.2, 0.25) is 5.02 Å². The number of nitrogens with one attached hydrogen (secondary N) is 1. The minimum absolute atomic E-state index is 0.145. The molecular formula is C23H28ClN3O3. The summed E-state index contributed by atoms with van der Waals surface area (Å²) in [6, 6.07) is 15.1. The van der Waals surface area contributed by atoms with Crippen molar-refractivity contribution in [1.29, 1.82) is 0 Å².